The molecular formula is C28H24N4O3. The maximum atomic E-state index is 13.8. The van der Waals surface area contributed by atoms with Gasteiger partial charge in [-0.2, -0.15) is 5.10 Å². The third kappa shape index (κ3) is 3.99. The molecule has 1 amide bonds. The number of oxazole rings is 1. The van der Waals surface area contributed by atoms with Crippen molar-refractivity contribution in [1.82, 2.24) is 19.7 Å². The normalized spacial score (nSPS) is 16.1. The van der Waals surface area contributed by atoms with E-state index in [2.05, 4.69) is 10.1 Å². The highest BCUT2D eigenvalue weighted by Crippen LogP contribution is 2.30. The molecule has 1 atom stereocenters. The number of fused-ring (bicyclic) bond motifs is 2. The minimum Gasteiger partial charge on any atom is -0.440 e. The van der Waals surface area contributed by atoms with Crippen LogP contribution in [0.2, 0.25) is 0 Å². The molecule has 5 aromatic rings. The number of hydrogen-bond acceptors (Lipinski definition) is 5. The SMILES string of the molecule is O=C(c1nn(Cc2ccccc2)c(=O)c2ccccc12)N1CCC[C@@H](c2nc3ccccc3o2)C1. The van der Waals surface area contributed by atoms with E-state index in [1.807, 2.05) is 71.6 Å². The molecule has 3 heterocycles. The number of nitrogens with zero attached hydrogens (tertiary/aromatic N) is 4. The molecule has 2 aromatic heterocycles. The fourth-order valence-electron chi connectivity index (χ4n) is 4.83. The third-order valence-corrected chi connectivity index (χ3v) is 6.61. The Morgan fingerprint density at radius 3 is 2.51 bits per heavy atom. The first kappa shape index (κ1) is 21.3. The molecule has 1 fully saturated rings. The van der Waals surface area contributed by atoms with Gasteiger partial charge in [0.2, 0.25) is 0 Å². The van der Waals surface area contributed by atoms with E-state index in [1.54, 1.807) is 12.1 Å². The zero-order valence-corrected chi connectivity index (χ0v) is 19.1. The number of piperidine rings is 1. The van der Waals surface area contributed by atoms with E-state index in [-0.39, 0.29) is 17.4 Å². The van der Waals surface area contributed by atoms with E-state index < -0.39 is 0 Å². The van der Waals surface area contributed by atoms with Crippen molar-refractivity contribution < 1.29 is 9.21 Å². The first-order valence-electron chi connectivity index (χ1n) is 11.9. The van der Waals surface area contributed by atoms with Gasteiger partial charge in [-0.15, -0.1) is 0 Å². The molecule has 7 heteroatoms. The number of carbonyl (C=O) groups is 1. The summed E-state index contributed by atoms with van der Waals surface area (Å²) in [6, 6.07) is 24.6. The maximum Gasteiger partial charge on any atom is 0.274 e. The molecule has 6 rings (SSSR count). The van der Waals surface area contributed by atoms with Crippen LogP contribution >= 0.6 is 0 Å². The summed E-state index contributed by atoms with van der Waals surface area (Å²) in [4.78, 5) is 33.4. The van der Waals surface area contributed by atoms with Gasteiger partial charge in [-0.25, -0.2) is 9.67 Å². The fraction of sp³-hybridized carbons (Fsp3) is 0.214. The van der Waals surface area contributed by atoms with Gasteiger partial charge in [0.1, 0.15) is 5.52 Å². The van der Waals surface area contributed by atoms with Crippen molar-refractivity contribution in [1.29, 1.82) is 0 Å². The monoisotopic (exact) mass is 464 g/mol. The Hall–Kier alpha value is -4.26. The standard InChI is InChI=1S/C28H24N4O3/c33-27-22-13-5-4-12-21(22)25(30-32(27)17-19-9-2-1-3-10-19)28(34)31-16-8-11-20(18-31)26-29-23-14-6-7-15-24(23)35-26/h1-7,9-10,12-15,20H,8,11,16-18H2/t20-/m1/s1. The molecule has 0 spiro atoms. The molecule has 0 unspecified atom stereocenters. The lowest BCUT2D eigenvalue weighted by molar-refractivity contribution is 0.0692. The lowest BCUT2D eigenvalue weighted by Gasteiger charge is -2.31. The van der Waals surface area contributed by atoms with Crippen molar-refractivity contribution in [2.24, 2.45) is 0 Å². The lowest BCUT2D eigenvalue weighted by atomic mass is 9.97. The van der Waals surface area contributed by atoms with Crippen molar-refractivity contribution >= 4 is 27.8 Å². The van der Waals surface area contributed by atoms with Crippen molar-refractivity contribution in [2.45, 2.75) is 25.3 Å². The Morgan fingerprint density at radius 2 is 1.69 bits per heavy atom. The molecule has 0 saturated carbocycles. The van der Waals surface area contributed by atoms with Gasteiger partial charge in [-0.3, -0.25) is 9.59 Å². The van der Waals surface area contributed by atoms with Crippen LogP contribution in [0.4, 0.5) is 0 Å². The molecule has 7 nitrogen and oxygen atoms in total. The van der Waals surface area contributed by atoms with E-state index in [0.29, 0.717) is 42.0 Å². The Morgan fingerprint density at radius 1 is 0.943 bits per heavy atom. The van der Waals surface area contributed by atoms with Crippen LogP contribution in [0.15, 0.2) is 88.1 Å². The zero-order valence-electron chi connectivity index (χ0n) is 19.1. The summed E-state index contributed by atoms with van der Waals surface area (Å²) >= 11 is 0. The molecule has 1 aliphatic rings. The number of aromatic nitrogens is 3. The summed E-state index contributed by atoms with van der Waals surface area (Å²) in [6.45, 7) is 1.43. The first-order valence-corrected chi connectivity index (χ1v) is 11.9. The highest BCUT2D eigenvalue weighted by atomic mass is 16.3. The molecule has 1 saturated heterocycles. The van der Waals surface area contributed by atoms with Gasteiger partial charge in [0.25, 0.3) is 11.5 Å². The third-order valence-electron chi connectivity index (χ3n) is 6.61. The van der Waals surface area contributed by atoms with E-state index >= 15 is 0 Å². The summed E-state index contributed by atoms with van der Waals surface area (Å²) in [5, 5.41) is 5.65. The highest BCUT2D eigenvalue weighted by Gasteiger charge is 2.30. The number of benzene rings is 3. The summed E-state index contributed by atoms with van der Waals surface area (Å²) in [5.74, 6) is 0.501. The summed E-state index contributed by atoms with van der Waals surface area (Å²) < 4.78 is 7.40. The Balaban J connectivity index is 1.35. The van der Waals surface area contributed by atoms with Crippen LogP contribution in [0.1, 0.15) is 40.7 Å². The predicted molar refractivity (Wildman–Crippen MR) is 133 cm³/mol. The van der Waals surface area contributed by atoms with Crippen LogP contribution in [-0.4, -0.2) is 38.7 Å². The molecule has 35 heavy (non-hydrogen) atoms. The molecule has 0 aliphatic carbocycles. The average Bonchev–Trinajstić information content (AvgIpc) is 3.35. The smallest absolute Gasteiger partial charge is 0.274 e. The topological polar surface area (TPSA) is 81.2 Å². The number of likely N-dealkylation sites (tertiary alicyclic amines) is 1. The van der Waals surface area contributed by atoms with Crippen LogP contribution in [-0.2, 0) is 6.54 Å². The zero-order chi connectivity index (χ0) is 23.8. The van der Waals surface area contributed by atoms with Gasteiger partial charge in [-0.1, -0.05) is 60.7 Å². The molecule has 0 radical (unpaired) electrons. The van der Waals surface area contributed by atoms with Crippen molar-refractivity contribution in [2.75, 3.05) is 13.1 Å². The average molecular weight is 465 g/mol. The largest absolute Gasteiger partial charge is 0.440 e. The number of para-hydroxylation sites is 2. The minimum atomic E-state index is -0.205. The second kappa shape index (κ2) is 8.83. The van der Waals surface area contributed by atoms with E-state index in [9.17, 15) is 9.59 Å². The number of hydrogen-bond donors (Lipinski definition) is 0. The van der Waals surface area contributed by atoms with Gasteiger partial charge < -0.3 is 9.32 Å². The molecule has 0 bridgehead atoms. The fourth-order valence-corrected chi connectivity index (χ4v) is 4.83. The maximum absolute atomic E-state index is 13.8. The number of carbonyl (C=O) groups excluding carboxylic acids is 1. The van der Waals surface area contributed by atoms with Crippen molar-refractivity contribution in [3.05, 3.63) is 106 Å². The summed E-state index contributed by atoms with van der Waals surface area (Å²) in [6.07, 6.45) is 1.75. The molecule has 174 valence electrons. The van der Waals surface area contributed by atoms with Crippen LogP contribution in [0.3, 0.4) is 0 Å². The van der Waals surface area contributed by atoms with E-state index in [0.717, 1.165) is 29.5 Å². The van der Waals surface area contributed by atoms with Gasteiger partial charge in [0, 0.05) is 18.5 Å². The van der Waals surface area contributed by atoms with Crippen molar-refractivity contribution in [3.63, 3.8) is 0 Å². The molecule has 1 aliphatic heterocycles. The number of amides is 1. The number of rotatable bonds is 4. The van der Waals surface area contributed by atoms with Crippen LogP contribution in [0.25, 0.3) is 21.9 Å². The predicted octanol–water partition coefficient (Wildman–Crippen LogP) is 4.61. The van der Waals surface area contributed by atoms with Gasteiger partial charge in [-0.05, 0) is 36.6 Å². The first-order chi connectivity index (χ1) is 17.2. The second-order valence-corrected chi connectivity index (χ2v) is 8.95. The van der Waals surface area contributed by atoms with Crippen LogP contribution in [0.5, 0.6) is 0 Å². The quantitative estimate of drug-likeness (QED) is 0.388. The van der Waals surface area contributed by atoms with Gasteiger partial charge >= 0.3 is 0 Å². The van der Waals surface area contributed by atoms with Crippen LogP contribution in [0, 0.1) is 0 Å². The summed E-state index contributed by atoms with van der Waals surface area (Å²) in [5.41, 5.74) is 2.63. The lowest BCUT2D eigenvalue weighted by Crippen LogP contribution is -2.40. The molecule has 3 aromatic carbocycles. The van der Waals surface area contributed by atoms with E-state index in [1.165, 1.54) is 4.68 Å². The highest BCUT2D eigenvalue weighted by molar-refractivity contribution is 6.04. The molecular weight excluding hydrogens is 440 g/mol. The Labute approximate surface area is 201 Å². The van der Waals surface area contributed by atoms with Gasteiger partial charge in [0.05, 0.1) is 17.8 Å². The van der Waals surface area contributed by atoms with Crippen LogP contribution < -0.4 is 5.56 Å². The molecule has 0 N–H and O–H groups in total. The van der Waals surface area contributed by atoms with Crippen molar-refractivity contribution in [3.8, 4) is 0 Å². The Bertz CT molecular complexity index is 1560. The minimum absolute atomic E-state index is 0.0154. The second-order valence-electron chi connectivity index (χ2n) is 8.95. The van der Waals surface area contributed by atoms with E-state index in [4.69, 9.17) is 4.42 Å². The van der Waals surface area contributed by atoms with Gasteiger partial charge in [0.15, 0.2) is 17.2 Å². The summed E-state index contributed by atoms with van der Waals surface area (Å²) in [7, 11) is 0. The Kier molecular flexibility index (Phi) is 5.37.